The van der Waals surface area contributed by atoms with Crippen molar-refractivity contribution < 1.29 is 9.50 Å². The fraction of sp³-hybridized carbons (Fsp3) is 0.192. The van der Waals surface area contributed by atoms with Crippen molar-refractivity contribution in [3.05, 3.63) is 101 Å². The number of benzene rings is 3. The Kier molecular flexibility index (Phi) is 6.07. The van der Waals surface area contributed by atoms with E-state index in [9.17, 15) is 9.50 Å². The first-order valence-corrected chi connectivity index (χ1v) is 10.7. The molecule has 0 aromatic heterocycles. The summed E-state index contributed by atoms with van der Waals surface area (Å²) in [5.41, 5.74) is 10.5. The van der Waals surface area contributed by atoms with Gasteiger partial charge >= 0.3 is 0 Å². The lowest BCUT2D eigenvalue weighted by molar-refractivity contribution is 0.372. The Hall–Kier alpha value is -3.84. The van der Waals surface area contributed by atoms with Crippen molar-refractivity contribution >= 4 is 17.6 Å². The molecule has 0 bridgehead atoms. The lowest BCUT2D eigenvalue weighted by Crippen LogP contribution is -2.49. The number of anilines is 1. The summed E-state index contributed by atoms with van der Waals surface area (Å²) in [6.45, 7) is 2.90. The molecule has 1 heterocycles. The third-order valence-corrected chi connectivity index (χ3v) is 6.09. The summed E-state index contributed by atoms with van der Waals surface area (Å²) in [5, 5.41) is 15.1. The van der Waals surface area contributed by atoms with E-state index in [2.05, 4.69) is 29.1 Å². The standard InChI is InChI=1S/C26H28FN5O/c1-26(20-6-3-18(4-7-20)5-14-25(28)30-31(2)29)24-13-12-23(33)17-19(24)15-16-32(26)22-10-8-21(27)9-11-22/h3-14,17,33H,15-16,29H2,1-2H3,(H2,28,30)/b14-5+. The highest BCUT2D eigenvalue weighted by Crippen LogP contribution is 2.44. The van der Waals surface area contributed by atoms with E-state index >= 15 is 0 Å². The quantitative estimate of drug-likeness (QED) is 0.239. The van der Waals surface area contributed by atoms with Gasteiger partial charge in [-0.1, -0.05) is 36.4 Å². The van der Waals surface area contributed by atoms with Gasteiger partial charge in [-0.2, -0.15) is 0 Å². The van der Waals surface area contributed by atoms with Crippen molar-refractivity contribution in [1.29, 1.82) is 0 Å². The molecule has 1 aliphatic heterocycles. The van der Waals surface area contributed by atoms with E-state index in [4.69, 9.17) is 11.6 Å². The van der Waals surface area contributed by atoms with Crippen LogP contribution in [0.4, 0.5) is 10.1 Å². The van der Waals surface area contributed by atoms with Crippen molar-refractivity contribution in [3.63, 3.8) is 0 Å². The molecule has 170 valence electrons. The minimum Gasteiger partial charge on any atom is -0.508 e. The highest BCUT2D eigenvalue weighted by molar-refractivity contribution is 5.94. The van der Waals surface area contributed by atoms with Crippen LogP contribution < -0.4 is 16.5 Å². The molecule has 0 amide bonds. The second kappa shape index (κ2) is 8.96. The Bertz CT molecular complexity index is 1190. The Morgan fingerprint density at radius 2 is 1.82 bits per heavy atom. The van der Waals surface area contributed by atoms with Crippen molar-refractivity contribution in [2.75, 3.05) is 18.5 Å². The third kappa shape index (κ3) is 4.54. The van der Waals surface area contributed by atoms with E-state index < -0.39 is 5.54 Å². The summed E-state index contributed by atoms with van der Waals surface area (Å²) in [7, 11) is 1.60. The average molecular weight is 446 g/mol. The van der Waals surface area contributed by atoms with Crippen LogP contribution in [0.5, 0.6) is 5.75 Å². The van der Waals surface area contributed by atoms with Crippen molar-refractivity contribution in [2.45, 2.75) is 18.9 Å². The van der Waals surface area contributed by atoms with Gasteiger partial charge in [-0.3, -0.25) is 0 Å². The van der Waals surface area contributed by atoms with Crippen LogP contribution >= 0.6 is 0 Å². The second-order valence-electron chi connectivity index (χ2n) is 8.35. The van der Waals surface area contributed by atoms with Gasteiger partial charge in [-0.25, -0.2) is 15.4 Å². The number of nitrogens with two attached hydrogens (primary N) is 2. The molecule has 4 rings (SSSR count). The zero-order valence-corrected chi connectivity index (χ0v) is 18.7. The summed E-state index contributed by atoms with van der Waals surface area (Å²) in [6, 6.07) is 20.3. The van der Waals surface area contributed by atoms with Crippen LogP contribution in [0.2, 0.25) is 0 Å². The fourth-order valence-electron chi connectivity index (χ4n) is 4.50. The summed E-state index contributed by atoms with van der Waals surface area (Å²) >= 11 is 0. The molecule has 0 fully saturated rings. The molecular formula is C26H28FN5O. The number of nitrogens with zero attached hydrogens (tertiary/aromatic N) is 3. The van der Waals surface area contributed by atoms with E-state index in [1.54, 1.807) is 19.2 Å². The zero-order chi connectivity index (χ0) is 23.6. The number of aromatic hydroxyl groups is 1. The number of hydrazine groups is 1. The number of rotatable bonds is 5. The molecule has 1 atom stereocenters. The number of halogens is 1. The maximum absolute atomic E-state index is 13.6. The number of hydrazone groups is 1. The van der Waals surface area contributed by atoms with Gasteiger partial charge in [-0.15, -0.1) is 5.10 Å². The van der Waals surface area contributed by atoms with Gasteiger partial charge in [0.15, 0.2) is 0 Å². The predicted octanol–water partition coefficient (Wildman–Crippen LogP) is 3.95. The third-order valence-electron chi connectivity index (χ3n) is 6.09. The molecule has 0 spiro atoms. The molecule has 5 N–H and O–H groups in total. The highest BCUT2D eigenvalue weighted by atomic mass is 19.1. The summed E-state index contributed by atoms with van der Waals surface area (Å²) in [6.07, 6.45) is 4.36. The average Bonchev–Trinajstić information content (AvgIpc) is 2.78. The highest BCUT2D eigenvalue weighted by Gasteiger charge is 2.40. The van der Waals surface area contributed by atoms with Gasteiger partial charge in [0.05, 0.1) is 5.54 Å². The Morgan fingerprint density at radius 1 is 1.12 bits per heavy atom. The number of phenols is 1. The van der Waals surface area contributed by atoms with Gasteiger partial charge in [0.25, 0.3) is 0 Å². The largest absolute Gasteiger partial charge is 0.508 e. The van der Waals surface area contributed by atoms with E-state index in [-0.39, 0.29) is 11.6 Å². The first kappa shape index (κ1) is 22.4. The molecule has 1 unspecified atom stereocenters. The smallest absolute Gasteiger partial charge is 0.145 e. The topological polar surface area (TPSA) is 91.1 Å². The van der Waals surface area contributed by atoms with Gasteiger partial charge < -0.3 is 15.7 Å². The Morgan fingerprint density at radius 3 is 2.48 bits per heavy atom. The van der Waals surface area contributed by atoms with Crippen molar-refractivity contribution in [1.82, 2.24) is 5.12 Å². The SMILES string of the molecule is CN(N)/N=C(N)/C=C/c1ccc(C2(C)c3ccc(O)cc3CCN2c2ccc(F)cc2)cc1. The van der Waals surface area contributed by atoms with Crippen LogP contribution in [0.25, 0.3) is 6.08 Å². The van der Waals surface area contributed by atoms with Gasteiger partial charge in [-0.05, 0) is 78.1 Å². The number of fused-ring (bicyclic) bond motifs is 1. The van der Waals surface area contributed by atoms with E-state index in [0.717, 1.165) is 46.0 Å². The molecule has 7 heteroatoms. The monoisotopic (exact) mass is 445 g/mol. The van der Waals surface area contributed by atoms with Gasteiger partial charge in [0.2, 0.25) is 0 Å². The molecule has 0 radical (unpaired) electrons. The first-order valence-electron chi connectivity index (χ1n) is 10.7. The lowest BCUT2D eigenvalue weighted by Gasteiger charge is -2.48. The Labute approximate surface area is 193 Å². The number of amidine groups is 1. The molecule has 3 aromatic carbocycles. The van der Waals surface area contributed by atoms with Crippen molar-refractivity contribution in [2.24, 2.45) is 16.7 Å². The maximum Gasteiger partial charge on any atom is 0.145 e. The van der Waals surface area contributed by atoms with Gasteiger partial charge in [0.1, 0.15) is 17.4 Å². The minimum absolute atomic E-state index is 0.259. The van der Waals surface area contributed by atoms with Crippen LogP contribution in [0, 0.1) is 5.82 Å². The van der Waals surface area contributed by atoms with E-state index in [1.807, 2.05) is 42.5 Å². The van der Waals surface area contributed by atoms with E-state index in [1.165, 1.54) is 12.1 Å². The maximum atomic E-state index is 13.6. The van der Waals surface area contributed by atoms with Crippen LogP contribution in [0.3, 0.4) is 0 Å². The molecule has 0 saturated heterocycles. The van der Waals surface area contributed by atoms with Crippen LogP contribution in [0.15, 0.2) is 77.9 Å². The summed E-state index contributed by atoms with van der Waals surface area (Å²) in [4.78, 5) is 2.29. The molecule has 33 heavy (non-hydrogen) atoms. The molecule has 0 aliphatic carbocycles. The molecule has 3 aromatic rings. The predicted molar refractivity (Wildman–Crippen MR) is 131 cm³/mol. The molecule has 1 aliphatic rings. The fourth-order valence-corrected chi connectivity index (χ4v) is 4.50. The molecular weight excluding hydrogens is 417 g/mol. The molecule has 0 saturated carbocycles. The summed E-state index contributed by atoms with van der Waals surface area (Å²) < 4.78 is 13.6. The second-order valence-corrected chi connectivity index (χ2v) is 8.35. The van der Waals surface area contributed by atoms with Crippen molar-refractivity contribution in [3.8, 4) is 5.75 Å². The van der Waals surface area contributed by atoms with E-state index in [0.29, 0.717) is 5.84 Å². The van der Waals surface area contributed by atoms with Crippen LogP contribution in [-0.4, -0.2) is 29.7 Å². The van der Waals surface area contributed by atoms with Gasteiger partial charge in [0, 0.05) is 19.3 Å². The minimum atomic E-state index is -0.510. The van der Waals surface area contributed by atoms with Crippen LogP contribution in [-0.2, 0) is 12.0 Å². The number of hydrogen-bond acceptors (Lipinski definition) is 5. The summed E-state index contributed by atoms with van der Waals surface area (Å²) in [5.74, 6) is 5.79. The normalized spacial score (nSPS) is 18.4. The zero-order valence-electron chi connectivity index (χ0n) is 18.7. The molecule has 6 nitrogen and oxygen atoms in total. The first-order chi connectivity index (χ1) is 15.8. The van der Waals surface area contributed by atoms with Crippen LogP contribution in [0.1, 0.15) is 29.2 Å². The Balaban J connectivity index is 1.76. The number of phenolic OH excluding ortho intramolecular Hbond substituents is 1. The number of hydrogen-bond donors (Lipinski definition) is 3. The lowest BCUT2D eigenvalue weighted by atomic mass is 9.76.